The molecule has 1 aromatic heterocycles. The predicted octanol–water partition coefficient (Wildman–Crippen LogP) is 4.12. The van der Waals surface area contributed by atoms with E-state index in [1.165, 1.54) is 6.20 Å². The molecule has 2 rings (SSSR count). The van der Waals surface area contributed by atoms with Crippen LogP contribution in [0.25, 0.3) is 0 Å². The summed E-state index contributed by atoms with van der Waals surface area (Å²) in [4.78, 5) is 27.8. The first-order chi connectivity index (χ1) is 11.1. The maximum atomic E-state index is 12.1. The van der Waals surface area contributed by atoms with Crippen LogP contribution in [0, 0.1) is 0 Å². The molecule has 1 heterocycles. The summed E-state index contributed by atoms with van der Waals surface area (Å²) in [5.74, 6) is 0.134. The number of carbonyl (C=O) groups is 2. The number of pyridine rings is 1. The zero-order valence-corrected chi connectivity index (χ0v) is 13.6. The van der Waals surface area contributed by atoms with Gasteiger partial charge in [-0.05, 0) is 42.8 Å². The van der Waals surface area contributed by atoms with Crippen LogP contribution in [0.2, 0.25) is 5.02 Å². The lowest BCUT2D eigenvalue weighted by Gasteiger charge is -2.07. The highest BCUT2D eigenvalue weighted by Crippen LogP contribution is 2.13. The molecule has 0 aliphatic carbocycles. The van der Waals surface area contributed by atoms with Gasteiger partial charge in [0.05, 0.1) is 5.02 Å². The molecule has 0 radical (unpaired) electrons. The van der Waals surface area contributed by atoms with Crippen LogP contribution in [-0.2, 0) is 4.79 Å². The maximum absolute atomic E-state index is 12.1. The fourth-order valence-electron chi connectivity index (χ4n) is 1.90. The summed E-state index contributed by atoms with van der Waals surface area (Å²) in [5, 5.41) is 5.98. The van der Waals surface area contributed by atoms with Gasteiger partial charge in [0.15, 0.2) is 0 Å². The topological polar surface area (TPSA) is 71.1 Å². The van der Waals surface area contributed by atoms with E-state index < -0.39 is 0 Å². The van der Waals surface area contributed by atoms with E-state index >= 15 is 0 Å². The van der Waals surface area contributed by atoms with Crippen molar-refractivity contribution in [3.8, 4) is 0 Å². The highest BCUT2D eigenvalue weighted by Gasteiger charge is 2.08. The van der Waals surface area contributed by atoms with Crippen LogP contribution in [-0.4, -0.2) is 16.8 Å². The molecule has 2 N–H and O–H groups in total. The Morgan fingerprint density at radius 1 is 1.09 bits per heavy atom. The SMILES string of the molecule is CCCCC(=O)Nc1ccc(C(=O)Nc2ccc(Cl)cn2)cc1. The molecule has 5 nitrogen and oxygen atoms in total. The molecule has 2 aromatic rings. The molecular weight excluding hydrogens is 314 g/mol. The van der Waals surface area contributed by atoms with E-state index in [1.807, 2.05) is 6.92 Å². The highest BCUT2D eigenvalue weighted by atomic mass is 35.5. The third-order valence-corrected chi connectivity index (χ3v) is 3.38. The Morgan fingerprint density at radius 3 is 2.43 bits per heavy atom. The Hall–Kier alpha value is -2.40. The molecule has 0 bridgehead atoms. The summed E-state index contributed by atoms with van der Waals surface area (Å²) in [7, 11) is 0. The summed E-state index contributed by atoms with van der Waals surface area (Å²) < 4.78 is 0. The van der Waals surface area contributed by atoms with Crippen LogP contribution < -0.4 is 10.6 Å². The lowest BCUT2D eigenvalue weighted by molar-refractivity contribution is -0.116. The highest BCUT2D eigenvalue weighted by molar-refractivity contribution is 6.30. The van der Waals surface area contributed by atoms with Gasteiger partial charge in [-0.3, -0.25) is 9.59 Å². The van der Waals surface area contributed by atoms with Gasteiger partial charge < -0.3 is 10.6 Å². The lowest BCUT2D eigenvalue weighted by Crippen LogP contribution is -2.14. The number of hydrogen-bond donors (Lipinski definition) is 2. The van der Waals surface area contributed by atoms with Crippen molar-refractivity contribution < 1.29 is 9.59 Å². The average molecular weight is 332 g/mol. The second kappa shape index (κ2) is 8.29. The van der Waals surface area contributed by atoms with Gasteiger partial charge in [-0.25, -0.2) is 4.98 Å². The molecule has 0 aliphatic rings. The van der Waals surface area contributed by atoms with Crippen molar-refractivity contribution in [2.24, 2.45) is 0 Å². The molecule has 0 saturated carbocycles. The largest absolute Gasteiger partial charge is 0.326 e. The van der Waals surface area contributed by atoms with Gasteiger partial charge in [0.2, 0.25) is 5.91 Å². The number of rotatable bonds is 6. The number of unbranched alkanes of at least 4 members (excludes halogenated alkanes) is 1. The van der Waals surface area contributed by atoms with Gasteiger partial charge in [-0.1, -0.05) is 24.9 Å². The molecule has 0 spiro atoms. The molecule has 0 unspecified atom stereocenters. The predicted molar refractivity (Wildman–Crippen MR) is 91.8 cm³/mol. The fraction of sp³-hybridized carbons (Fsp3) is 0.235. The van der Waals surface area contributed by atoms with Crippen LogP contribution in [0.4, 0.5) is 11.5 Å². The van der Waals surface area contributed by atoms with Gasteiger partial charge in [-0.2, -0.15) is 0 Å². The molecule has 23 heavy (non-hydrogen) atoms. The molecule has 1 aromatic carbocycles. The molecule has 6 heteroatoms. The number of nitrogens with zero attached hydrogens (tertiary/aromatic N) is 1. The number of halogens is 1. The van der Waals surface area contributed by atoms with Crippen LogP contribution in [0.5, 0.6) is 0 Å². The van der Waals surface area contributed by atoms with Crippen LogP contribution in [0.3, 0.4) is 0 Å². The quantitative estimate of drug-likeness (QED) is 0.836. The number of amides is 2. The summed E-state index contributed by atoms with van der Waals surface area (Å²) in [6.07, 6.45) is 3.80. The second-order valence-electron chi connectivity index (χ2n) is 5.04. The van der Waals surface area contributed by atoms with Crippen molar-refractivity contribution in [1.29, 1.82) is 0 Å². The van der Waals surface area contributed by atoms with Crippen LogP contribution in [0.15, 0.2) is 42.6 Å². The smallest absolute Gasteiger partial charge is 0.256 e. The summed E-state index contributed by atoms with van der Waals surface area (Å²) in [6.45, 7) is 2.04. The van der Waals surface area contributed by atoms with Gasteiger partial charge >= 0.3 is 0 Å². The molecular formula is C17H18ClN3O2. The zero-order chi connectivity index (χ0) is 16.7. The Labute approximate surface area is 140 Å². The normalized spacial score (nSPS) is 10.2. The van der Waals surface area contributed by atoms with Crippen molar-refractivity contribution in [1.82, 2.24) is 4.98 Å². The van der Waals surface area contributed by atoms with E-state index in [4.69, 9.17) is 11.6 Å². The third-order valence-electron chi connectivity index (χ3n) is 3.16. The first-order valence-electron chi connectivity index (χ1n) is 7.41. The monoisotopic (exact) mass is 331 g/mol. The molecule has 120 valence electrons. The van der Waals surface area contributed by atoms with Gasteiger partial charge in [0.1, 0.15) is 5.82 Å². The minimum Gasteiger partial charge on any atom is -0.326 e. The number of nitrogens with one attached hydrogen (secondary N) is 2. The maximum Gasteiger partial charge on any atom is 0.256 e. The van der Waals surface area contributed by atoms with Gasteiger partial charge in [0.25, 0.3) is 5.91 Å². The van der Waals surface area contributed by atoms with Crippen molar-refractivity contribution in [3.63, 3.8) is 0 Å². The average Bonchev–Trinajstić information content (AvgIpc) is 2.55. The summed E-state index contributed by atoms with van der Waals surface area (Å²) in [5.41, 5.74) is 1.15. The standard InChI is InChI=1S/C17H18ClN3O2/c1-2-3-4-16(22)20-14-8-5-12(6-9-14)17(23)21-15-10-7-13(18)11-19-15/h5-11H,2-4H2,1H3,(H,20,22)(H,19,21,23). The molecule has 0 aliphatic heterocycles. The van der Waals surface area contributed by atoms with E-state index in [0.29, 0.717) is 28.5 Å². The molecule has 0 saturated heterocycles. The van der Waals surface area contributed by atoms with Crippen LogP contribution >= 0.6 is 11.6 Å². The van der Waals surface area contributed by atoms with Gasteiger partial charge in [-0.15, -0.1) is 0 Å². The minimum atomic E-state index is -0.274. The van der Waals surface area contributed by atoms with E-state index in [9.17, 15) is 9.59 Å². The number of benzene rings is 1. The number of carbonyl (C=O) groups excluding carboxylic acids is 2. The van der Waals surface area contributed by atoms with E-state index in [0.717, 1.165) is 12.8 Å². The van der Waals surface area contributed by atoms with Gasteiger partial charge in [0, 0.05) is 23.9 Å². The summed E-state index contributed by atoms with van der Waals surface area (Å²) >= 11 is 5.75. The van der Waals surface area contributed by atoms with E-state index in [-0.39, 0.29) is 11.8 Å². The van der Waals surface area contributed by atoms with Crippen molar-refractivity contribution in [3.05, 3.63) is 53.2 Å². The Balaban J connectivity index is 1.94. The zero-order valence-electron chi connectivity index (χ0n) is 12.8. The van der Waals surface area contributed by atoms with E-state index in [2.05, 4.69) is 15.6 Å². The number of aromatic nitrogens is 1. The fourth-order valence-corrected chi connectivity index (χ4v) is 2.02. The Bertz CT molecular complexity index is 669. The lowest BCUT2D eigenvalue weighted by atomic mass is 10.2. The number of anilines is 2. The Morgan fingerprint density at radius 2 is 1.83 bits per heavy atom. The minimum absolute atomic E-state index is 0.0191. The summed E-state index contributed by atoms with van der Waals surface area (Å²) in [6, 6.07) is 9.99. The van der Waals surface area contributed by atoms with Crippen LogP contribution in [0.1, 0.15) is 36.5 Å². The van der Waals surface area contributed by atoms with Crippen molar-refractivity contribution >= 4 is 34.9 Å². The Kier molecular flexibility index (Phi) is 6.11. The number of hydrogen-bond acceptors (Lipinski definition) is 3. The van der Waals surface area contributed by atoms with Crippen molar-refractivity contribution in [2.45, 2.75) is 26.2 Å². The third kappa shape index (κ3) is 5.38. The van der Waals surface area contributed by atoms with Crippen molar-refractivity contribution in [2.75, 3.05) is 10.6 Å². The molecule has 0 fully saturated rings. The second-order valence-corrected chi connectivity index (χ2v) is 5.48. The first-order valence-corrected chi connectivity index (χ1v) is 7.79. The first kappa shape index (κ1) is 17.0. The molecule has 0 atom stereocenters. The van der Waals surface area contributed by atoms with E-state index in [1.54, 1.807) is 36.4 Å². The molecule has 2 amide bonds.